The highest BCUT2D eigenvalue weighted by atomic mass is 16.5. The lowest BCUT2D eigenvalue weighted by Gasteiger charge is -2.35. The Kier molecular flexibility index (Phi) is 11.7. The molecule has 2 unspecified atom stereocenters. The van der Waals surface area contributed by atoms with E-state index in [0.717, 1.165) is 70.6 Å². The van der Waals surface area contributed by atoms with Gasteiger partial charge in [0.15, 0.2) is 5.96 Å². The summed E-state index contributed by atoms with van der Waals surface area (Å²) in [4.78, 5) is 9.42. The second-order valence-electron chi connectivity index (χ2n) is 8.10. The van der Waals surface area contributed by atoms with Crippen molar-refractivity contribution in [1.29, 1.82) is 0 Å². The fourth-order valence-electron chi connectivity index (χ4n) is 4.03. The average Bonchev–Trinajstić information content (AvgIpc) is 2.82. The van der Waals surface area contributed by atoms with Crippen LogP contribution in [0.25, 0.3) is 0 Å². The van der Waals surface area contributed by atoms with Crippen molar-refractivity contribution < 1.29 is 9.47 Å². The minimum atomic E-state index is 0.256. The minimum Gasteiger partial charge on any atom is -0.497 e. The summed E-state index contributed by atoms with van der Waals surface area (Å²) in [6.07, 6.45) is 2.32. The number of morpholine rings is 1. The van der Waals surface area contributed by atoms with E-state index in [0.29, 0.717) is 6.04 Å². The molecular weight excluding hydrogens is 390 g/mol. The van der Waals surface area contributed by atoms with Crippen molar-refractivity contribution in [3.8, 4) is 5.75 Å². The second kappa shape index (κ2) is 14.3. The Balaban J connectivity index is 1.91. The largest absolute Gasteiger partial charge is 0.497 e. The van der Waals surface area contributed by atoms with Crippen molar-refractivity contribution in [3.05, 3.63) is 29.8 Å². The van der Waals surface area contributed by atoms with E-state index in [2.05, 4.69) is 58.3 Å². The van der Waals surface area contributed by atoms with Gasteiger partial charge in [-0.25, -0.2) is 0 Å². The molecule has 0 spiro atoms. The Morgan fingerprint density at radius 1 is 1.19 bits per heavy atom. The third-order valence-electron chi connectivity index (χ3n) is 6.06. The van der Waals surface area contributed by atoms with E-state index in [-0.39, 0.29) is 6.04 Å². The SMILES string of the molecule is CCN(CC)CCCC(C)NC(=NC)NCC(c1ccc(OC)cc1)N1CCOCC1. The fourth-order valence-corrected chi connectivity index (χ4v) is 4.03. The van der Waals surface area contributed by atoms with Gasteiger partial charge >= 0.3 is 0 Å². The third kappa shape index (κ3) is 8.67. The minimum absolute atomic E-state index is 0.256. The Morgan fingerprint density at radius 3 is 2.45 bits per heavy atom. The van der Waals surface area contributed by atoms with Crippen LogP contribution in [0.2, 0.25) is 0 Å². The van der Waals surface area contributed by atoms with E-state index < -0.39 is 0 Å². The van der Waals surface area contributed by atoms with E-state index in [1.54, 1.807) is 7.11 Å². The molecule has 0 aromatic heterocycles. The van der Waals surface area contributed by atoms with Crippen LogP contribution in [0.15, 0.2) is 29.3 Å². The number of benzene rings is 1. The Hall–Kier alpha value is -1.83. The number of hydrogen-bond acceptors (Lipinski definition) is 5. The summed E-state index contributed by atoms with van der Waals surface area (Å²) in [5, 5.41) is 7.12. The van der Waals surface area contributed by atoms with Crippen LogP contribution in [0.5, 0.6) is 5.75 Å². The molecule has 1 fully saturated rings. The lowest BCUT2D eigenvalue weighted by molar-refractivity contribution is 0.0170. The smallest absolute Gasteiger partial charge is 0.191 e. The predicted molar refractivity (Wildman–Crippen MR) is 129 cm³/mol. The molecule has 31 heavy (non-hydrogen) atoms. The molecule has 0 amide bonds. The molecule has 7 heteroatoms. The Morgan fingerprint density at radius 2 is 1.87 bits per heavy atom. The van der Waals surface area contributed by atoms with E-state index in [4.69, 9.17) is 9.47 Å². The number of hydrogen-bond donors (Lipinski definition) is 2. The molecule has 1 aliphatic heterocycles. The molecule has 0 saturated carbocycles. The van der Waals surface area contributed by atoms with Crippen LogP contribution in [0.4, 0.5) is 0 Å². The Labute approximate surface area is 189 Å². The summed E-state index contributed by atoms with van der Waals surface area (Å²) in [5.41, 5.74) is 1.28. The molecule has 1 aromatic rings. The van der Waals surface area contributed by atoms with Crippen LogP contribution >= 0.6 is 0 Å². The highest BCUT2D eigenvalue weighted by Gasteiger charge is 2.23. The van der Waals surface area contributed by atoms with Gasteiger partial charge in [-0.2, -0.15) is 0 Å². The maximum atomic E-state index is 5.57. The molecule has 2 atom stereocenters. The zero-order valence-electron chi connectivity index (χ0n) is 20.2. The molecule has 0 aliphatic carbocycles. The summed E-state index contributed by atoms with van der Waals surface area (Å²) in [5.74, 6) is 1.75. The molecule has 1 saturated heterocycles. The molecule has 0 radical (unpaired) electrons. The Bertz CT molecular complexity index is 627. The fraction of sp³-hybridized carbons (Fsp3) is 0.708. The van der Waals surface area contributed by atoms with Crippen molar-refractivity contribution in [1.82, 2.24) is 20.4 Å². The van der Waals surface area contributed by atoms with Crippen molar-refractivity contribution in [3.63, 3.8) is 0 Å². The molecule has 1 aromatic carbocycles. The summed E-state index contributed by atoms with van der Waals surface area (Å²) < 4.78 is 10.9. The van der Waals surface area contributed by atoms with Gasteiger partial charge in [0.05, 0.1) is 26.4 Å². The number of rotatable bonds is 12. The first-order chi connectivity index (χ1) is 15.1. The average molecular weight is 434 g/mol. The molecule has 7 nitrogen and oxygen atoms in total. The van der Waals surface area contributed by atoms with Crippen molar-refractivity contribution >= 4 is 5.96 Å². The van der Waals surface area contributed by atoms with Gasteiger partial charge in [0.2, 0.25) is 0 Å². The zero-order valence-corrected chi connectivity index (χ0v) is 20.2. The van der Waals surface area contributed by atoms with Gasteiger partial charge in [-0.3, -0.25) is 9.89 Å². The summed E-state index contributed by atoms with van der Waals surface area (Å²) in [6, 6.07) is 9.02. The number of aliphatic imine (C=N–C) groups is 1. The standard InChI is InChI=1S/C24H43N5O2/c1-6-28(7-2)14-8-9-20(3)27-24(25-4)26-19-23(29-15-17-31-18-16-29)21-10-12-22(30-5)13-11-21/h10-13,20,23H,6-9,14-19H2,1-5H3,(H2,25,26,27). The van der Waals surface area contributed by atoms with Crippen molar-refractivity contribution in [2.75, 3.05) is 66.6 Å². The second-order valence-corrected chi connectivity index (χ2v) is 8.10. The maximum Gasteiger partial charge on any atom is 0.191 e. The van der Waals surface area contributed by atoms with Crippen molar-refractivity contribution in [2.45, 2.75) is 45.7 Å². The van der Waals surface area contributed by atoms with Crippen LogP contribution in [0, 0.1) is 0 Å². The first-order valence-electron chi connectivity index (χ1n) is 11.8. The molecule has 1 aliphatic rings. The topological polar surface area (TPSA) is 61.4 Å². The number of methoxy groups -OCH3 is 1. The van der Waals surface area contributed by atoms with E-state index in [9.17, 15) is 0 Å². The molecule has 176 valence electrons. The van der Waals surface area contributed by atoms with E-state index in [1.165, 1.54) is 12.0 Å². The van der Waals surface area contributed by atoms with Crippen LogP contribution < -0.4 is 15.4 Å². The normalized spacial score (nSPS) is 17.4. The summed E-state index contributed by atoms with van der Waals surface area (Å²) >= 11 is 0. The van der Waals surface area contributed by atoms with Crippen LogP contribution in [-0.2, 0) is 4.74 Å². The van der Waals surface area contributed by atoms with Gasteiger partial charge < -0.3 is 25.0 Å². The van der Waals surface area contributed by atoms with Gasteiger partial charge in [0.25, 0.3) is 0 Å². The van der Waals surface area contributed by atoms with Gasteiger partial charge in [0, 0.05) is 32.7 Å². The third-order valence-corrected chi connectivity index (χ3v) is 6.06. The summed E-state index contributed by atoms with van der Waals surface area (Å²) in [6.45, 7) is 14.3. The first kappa shape index (κ1) is 25.4. The molecular formula is C24H43N5O2. The number of guanidine groups is 1. The molecule has 2 rings (SSSR count). The molecule has 2 N–H and O–H groups in total. The van der Waals surface area contributed by atoms with E-state index >= 15 is 0 Å². The van der Waals surface area contributed by atoms with Crippen LogP contribution in [0.3, 0.4) is 0 Å². The number of nitrogens with zero attached hydrogens (tertiary/aromatic N) is 3. The van der Waals surface area contributed by atoms with Crippen molar-refractivity contribution in [2.24, 2.45) is 4.99 Å². The van der Waals surface area contributed by atoms with Crippen LogP contribution in [0.1, 0.15) is 45.2 Å². The molecule has 0 bridgehead atoms. The van der Waals surface area contributed by atoms with E-state index in [1.807, 2.05) is 19.2 Å². The highest BCUT2D eigenvalue weighted by Crippen LogP contribution is 2.23. The van der Waals surface area contributed by atoms with Gasteiger partial charge in [-0.15, -0.1) is 0 Å². The zero-order chi connectivity index (χ0) is 22.5. The maximum absolute atomic E-state index is 5.57. The van der Waals surface area contributed by atoms with Crippen LogP contribution in [-0.4, -0.2) is 88.4 Å². The van der Waals surface area contributed by atoms with Gasteiger partial charge in [0.1, 0.15) is 5.75 Å². The monoisotopic (exact) mass is 433 g/mol. The number of ether oxygens (including phenoxy) is 2. The summed E-state index contributed by atoms with van der Waals surface area (Å²) in [7, 11) is 3.55. The quantitative estimate of drug-likeness (QED) is 0.390. The first-order valence-corrected chi connectivity index (χ1v) is 11.8. The lowest BCUT2D eigenvalue weighted by atomic mass is 10.0. The van der Waals surface area contributed by atoms with Gasteiger partial charge in [-0.05, 0) is 57.1 Å². The number of nitrogens with one attached hydrogen (secondary N) is 2. The van der Waals surface area contributed by atoms with Gasteiger partial charge in [-0.1, -0.05) is 26.0 Å². The molecule has 1 heterocycles. The lowest BCUT2D eigenvalue weighted by Crippen LogP contribution is -2.48. The predicted octanol–water partition coefficient (Wildman–Crippen LogP) is 2.74. The highest BCUT2D eigenvalue weighted by molar-refractivity contribution is 5.79.